The highest BCUT2D eigenvalue weighted by Crippen LogP contribution is 2.43. The molecule has 3 aromatic carbocycles. The van der Waals surface area contributed by atoms with Gasteiger partial charge in [-0.1, -0.05) is 32.0 Å². The first-order chi connectivity index (χ1) is 23.1. The molecule has 0 fully saturated rings. The minimum Gasteiger partial charge on any atom is -0.497 e. The molecule has 0 saturated carbocycles. The molecule has 12 heteroatoms. The van der Waals surface area contributed by atoms with Crippen LogP contribution in [0.25, 0.3) is 0 Å². The molecule has 0 spiro atoms. The Hall–Kier alpha value is -4.29. The van der Waals surface area contributed by atoms with Crippen LogP contribution in [-0.2, 0) is 21.3 Å². The minimum absolute atomic E-state index is 0.00261. The number of benzene rings is 3. The van der Waals surface area contributed by atoms with Crippen LogP contribution in [0.2, 0.25) is 0 Å². The second kappa shape index (κ2) is 15.5. The molecule has 11 nitrogen and oxygen atoms in total. The van der Waals surface area contributed by atoms with E-state index in [1.54, 1.807) is 76.3 Å². The Balaban J connectivity index is 1.75. The van der Waals surface area contributed by atoms with Crippen molar-refractivity contribution in [3.05, 3.63) is 76.9 Å². The third-order valence-corrected chi connectivity index (χ3v) is 9.88. The second-order valence-electron chi connectivity index (χ2n) is 13.6. The summed E-state index contributed by atoms with van der Waals surface area (Å²) in [7, 11) is 2.59. The zero-order chi connectivity index (χ0) is 36.1. The normalized spacial score (nSPS) is 16.0. The topological polar surface area (TPSA) is 124 Å². The molecule has 3 aromatic rings. The van der Waals surface area contributed by atoms with Gasteiger partial charge in [0.25, 0.3) is 15.9 Å². The van der Waals surface area contributed by atoms with Crippen LogP contribution in [0.5, 0.6) is 17.2 Å². The van der Waals surface area contributed by atoms with Crippen LogP contribution in [-0.4, -0.2) is 83.7 Å². The van der Waals surface area contributed by atoms with Crippen molar-refractivity contribution >= 4 is 27.6 Å². The number of fused-ring (bicyclic) bond motifs is 1. The lowest BCUT2D eigenvalue weighted by atomic mass is 9.85. The number of carbonyl (C=O) groups excluding carboxylic acids is 2. The molecule has 1 N–H and O–H groups in total. The number of carbonyl (C=O) groups is 2. The summed E-state index contributed by atoms with van der Waals surface area (Å²) in [5.74, 6) is 0.520. The van der Waals surface area contributed by atoms with Crippen molar-refractivity contribution in [2.45, 2.75) is 64.0 Å². The van der Waals surface area contributed by atoms with Gasteiger partial charge in [0.1, 0.15) is 33.3 Å². The van der Waals surface area contributed by atoms with E-state index < -0.39 is 27.5 Å². The van der Waals surface area contributed by atoms with Crippen LogP contribution < -0.4 is 18.9 Å². The van der Waals surface area contributed by atoms with Gasteiger partial charge in [-0.2, -0.15) is 0 Å². The van der Waals surface area contributed by atoms with Crippen molar-refractivity contribution < 1.29 is 37.0 Å². The number of hydrogen-bond donors (Lipinski definition) is 1. The predicted molar refractivity (Wildman–Crippen MR) is 189 cm³/mol. The highest BCUT2D eigenvalue weighted by molar-refractivity contribution is 7.92. The summed E-state index contributed by atoms with van der Waals surface area (Å²) < 4.78 is 53.7. The molecule has 1 aliphatic rings. The van der Waals surface area contributed by atoms with Crippen molar-refractivity contribution in [1.82, 2.24) is 9.80 Å². The molecule has 0 saturated heterocycles. The van der Waals surface area contributed by atoms with Crippen molar-refractivity contribution in [3.8, 4) is 17.2 Å². The Morgan fingerprint density at radius 1 is 0.980 bits per heavy atom. The number of nitrogens with zero attached hydrogens (tertiary/aromatic N) is 2. The van der Waals surface area contributed by atoms with E-state index in [1.807, 2.05) is 32.0 Å². The number of sulfonamides is 1. The van der Waals surface area contributed by atoms with Crippen molar-refractivity contribution in [3.63, 3.8) is 0 Å². The predicted octanol–water partition coefficient (Wildman–Crippen LogP) is 6.19. The van der Waals surface area contributed by atoms with Gasteiger partial charge in [0, 0.05) is 24.7 Å². The molecule has 266 valence electrons. The van der Waals surface area contributed by atoms with Crippen LogP contribution in [0.1, 0.15) is 78.8 Å². The summed E-state index contributed by atoms with van der Waals surface area (Å²) in [6.07, 6.45) is 0.649. The third-order valence-electron chi connectivity index (χ3n) is 8.45. The van der Waals surface area contributed by atoms with E-state index in [4.69, 9.17) is 18.9 Å². The molecule has 0 radical (unpaired) electrons. The van der Waals surface area contributed by atoms with Gasteiger partial charge in [-0.3, -0.25) is 9.52 Å². The van der Waals surface area contributed by atoms with E-state index in [0.717, 1.165) is 17.7 Å². The molecule has 1 heterocycles. The zero-order valence-corrected chi connectivity index (χ0v) is 30.8. The first kappa shape index (κ1) is 37.5. The highest BCUT2D eigenvalue weighted by Gasteiger charge is 2.34. The average molecular weight is 696 g/mol. The molecule has 2 unspecified atom stereocenters. The number of hydrogen-bond acceptors (Lipinski definition) is 9. The van der Waals surface area contributed by atoms with Gasteiger partial charge in [-0.25, -0.2) is 13.2 Å². The quantitative estimate of drug-likeness (QED) is 0.209. The zero-order valence-electron chi connectivity index (χ0n) is 30.0. The highest BCUT2D eigenvalue weighted by atomic mass is 32.2. The number of nitrogens with one attached hydrogen (secondary N) is 1. The molecule has 49 heavy (non-hydrogen) atoms. The van der Waals surface area contributed by atoms with Gasteiger partial charge in [0.15, 0.2) is 0 Å². The lowest BCUT2D eigenvalue weighted by Gasteiger charge is -2.31. The number of esters is 1. The fraction of sp³-hybridized carbons (Fsp3) is 0.459. The summed E-state index contributed by atoms with van der Waals surface area (Å²) in [4.78, 5) is 31.3. The van der Waals surface area contributed by atoms with Crippen molar-refractivity contribution in [2.24, 2.45) is 5.92 Å². The van der Waals surface area contributed by atoms with Gasteiger partial charge in [-0.05, 0) is 95.6 Å². The maximum Gasteiger partial charge on any atom is 0.344 e. The van der Waals surface area contributed by atoms with E-state index in [-0.39, 0.29) is 40.1 Å². The molecule has 0 bridgehead atoms. The van der Waals surface area contributed by atoms with Gasteiger partial charge in [-0.15, -0.1) is 0 Å². The fourth-order valence-corrected chi connectivity index (χ4v) is 6.93. The van der Waals surface area contributed by atoms with Crippen molar-refractivity contribution in [2.75, 3.05) is 52.7 Å². The van der Waals surface area contributed by atoms with E-state index in [9.17, 15) is 18.0 Å². The lowest BCUT2D eigenvalue weighted by Crippen LogP contribution is -2.34. The average Bonchev–Trinajstić information content (AvgIpc) is 3.04. The lowest BCUT2D eigenvalue weighted by molar-refractivity contribution is 0.00650. The van der Waals surface area contributed by atoms with Crippen LogP contribution >= 0.6 is 0 Å². The number of methoxy groups -OCH3 is 2. The standard InChI is InChI=1S/C37H49N3O8S/c1-24-23-47-34-28(25(24)2)17-18-30(33(34)36(42)48-37(3,4)5)38-49(43,44)32-14-11-10-13-29(32)35(41)40(20-12-19-39(6)7)22-26-15-16-27(45-8)21-31(26)46-9/h10-11,13-18,21,24-25,38H,12,19-20,22-23H2,1-9H3. The first-order valence-electron chi connectivity index (χ1n) is 16.4. The van der Waals surface area contributed by atoms with E-state index >= 15 is 0 Å². The Kier molecular flexibility index (Phi) is 11.9. The second-order valence-corrected chi connectivity index (χ2v) is 15.3. The smallest absolute Gasteiger partial charge is 0.344 e. The number of ether oxygens (including phenoxy) is 4. The van der Waals surface area contributed by atoms with Crippen LogP contribution in [0.3, 0.4) is 0 Å². The molecular weight excluding hydrogens is 646 g/mol. The summed E-state index contributed by atoms with van der Waals surface area (Å²) in [5, 5.41) is 0. The van der Waals surface area contributed by atoms with E-state index in [1.165, 1.54) is 12.1 Å². The Bertz CT molecular complexity index is 1770. The Morgan fingerprint density at radius 2 is 1.69 bits per heavy atom. The first-order valence-corrected chi connectivity index (χ1v) is 17.8. The molecule has 1 amide bonds. The molecule has 2 atom stereocenters. The number of rotatable bonds is 13. The Labute approximate surface area is 290 Å². The monoisotopic (exact) mass is 695 g/mol. The fourth-order valence-electron chi connectivity index (χ4n) is 5.66. The number of anilines is 1. The molecule has 1 aliphatic heterocycles. The van der Waals surface area contributed by atoms with E-state index in [0.29, 0.717) is 36.8 Å². The minimum atomic E-state index is -4.41. The van der Waals surface area contributed by atoms with Crippen LogP contribution in [0.4, 0.5) is 5.69 Å². The summed E-state index contributed by atoms with van der Waals surface area (Å²) in [5.41, 5.74) is 0.673. The van der Waals surface area contributed by atoms with Crippen molar-refractivity contribution in [1.29, 1.82) is 0 Å². The molecular formula is C37H49N3O8S. The van der Waals surface area contributed by atoms with E-state index in [2.05, 4.69) is 11.6 Å². The van der Waals surface area contributed by atoms with Crippen LogP contribution in [0.15, 0.2) is 59.5 Å². The summed E-state index contributed by atoms with van der Waals surface area (Å²) in [6.45, 7) is 10.9. The third kappa shape index (κ3) is 9.04. The summed E-state index contributed by atoms with van der Waals surface area (Å²) in [6, 6.07) is 14.7. The number of amides is 1. The maximum atomic E-state index is 14.3. The van der Waals surface area contributed by atoms with Gasteiger partial charge in [0.2, 0.25) is 0 Å². The van der Waals surface area contributed by atoms with Gasteiger partial charge in [0.05, 0.1) is 32.1 Å². The molecule has 4 rings (SSSR count). The van der Waals surface area contributed by atoms with Crippen LogP contribution in [0, 0.1) is 5.92 Å². The largest absolute Gasteiger partial charge is 0.497 e. The molecule has 0 aromatic heterocycles. The maximum absolute atomic E-state index is 14.3. The van der Waals surface area contributed by atoms with Gasteiger partial charge >= 0.3 is 5.97 Å². The molecule has 0 aliphatic carbocycles. The van der Waals surface area contributed by atoms with Gasteiger partial charge < -0.3 is 28.7 Å². The SMILES string of the molecule is COc1ccc(CN(CCCN(C)C)C(=O)c2ccccc2S(=O)(=O)Nc2ccc3c(c2C(=O)OC(C)(C)C)OCC(C)C3C)c(OC)c1. The Morgan fingerprint density at radius 3 is 2.35 bits per heavy atom. The summed E-state index contributed by atoms with van der Waals surface area (Å²) >= 11 is 0.